The van der Waals surface area contributed by atoms with Gasteiger partial charge in [-0.05, 0) is 6.07 Å². The molecule has 0 aliphatic rings. The lowest BCUT2D eigenvalue weighted by molar-refractivity contribution is -0.386. The zero-order chi connectivity index (χ0) is 12.8. The number of ether oxygens (including phenoxy) is 1. The van der Waals surface area contributed by atoms with Crippen molar-refractivity contribution in [3.05, 3.63) is 52.6 Å². The second-order valence-corrected chi connectivity index (χ2v) is 3.21. The first-order chi connectivity index (χ1) is 8.06. The Bertz CT molecular complexity index is 443. The fourth-order valence-electron chi connectivity index (χ4n) is 1.44. The van der Waals surface area contributed by atoms with E-state index in [0.29, 0.717) is 0 Å². The number of rotatable bonds is 5. The average Bonchev–Trinajstić information content (AvgIpc) is 2.28. The molecular weight excluding hydrogens is 226 g/mol. The maximum atomic E-state index is 10.8. The fraction of sp³-hybridized carbons (Fsp3) is 0.182. The van der Waals surface area contributed by atoms with Crippen molar-refractivity contribution in [3.63, 3.8) is 0 Å². The molecule has 0 radical (unpaired) electrons. The molecular formula is C11H11NO5. The molecule has 1 aromatic carbocycles. The standard InChI is InChI=1S/C11H11NO5/c1-2-5-10(17-11(13)14)8-6-3-4-7-9(8)12(15)16/h2-4,6-7,10H,1,5H2,(H,13,14). The Kier molecular flexibility index (Phi) is 4.21. The molecule has 6 heteroatoms. The third-order valence-corrected chi connectivity index (χ3v) is 2.10. The number of carbonyl (C=O) groups is 1. The molecule has 1 unspecified atom stereocenters. The summed E-state index contributed by atoms with van der Waals surface area (Å²) in [4.78, 5) is 20.7. The first-order valence-electron chi connectivity index (χ1n) is 4.80. The minimum absolute atomic E-state index is 0.166. The summed E-state index contributed by atoms with van der Waals surface area (Å²) in [6.07, 6.45) is -0.761. The smallest absolute Gasteiger partial charge is 0.450 e. The van der Waals surface area contributed by atoms with Crippen LogP contribution in [0.4, 0.5) is 10.5 Å². The number of carboxylic acid groups (broad SMARTS) is 1. The van der Waals surface area contributed by atoms with Crippen molar-refractivity contribution in [2.45, 2.75) is 12.5 Å². The van der Waals surface area contributed by atoms with E-state index in [-0.39, 0.29) is 17.7 Å². The molecule has 17 heavy (non-hydrogen) atoms. The van der Waals surface area contributed by atoms with Gasteiger partial charge in [-0.2, -0.15) is 0 Å². The van der Waals surface area contributed by atoms with Crippen molar-refractivity contribution in [1.82, 2.24) is 0 Å². The summed E-state index contributed by atoms with van der Waals surface area (Å²) in [5.41, 5.74) is 0.0559. The molecule has 0 aliphatic carbocycles. The number of hydrogen-bond donors (Lipinski definition) is 1. The second kappa shape index (κ2) is 5.64. The van der Waals surface area contributed by atoms with Crippen molar-refractivity contribution >= 4 is 11.8 Å². The average molecular weight is 237 g/mol. The van der Waals surface area contributed by atoms with Gasteiger partial charge in [-0.15, -0.1) is 6.58 Å². The summed E-state index contributed by atoms with van der Waals surface area (Å²) in [6, 6.07) is 5.86. The molecule has 1 atom stereocenters. The maximum Gasteiger partial charge on any atom is 0.506 e. The summed E-state index contributed by atoms with van der Waals surface area (Å²) in [6.45, 7) is 3.47. The van der Waals surface area contributed by atoms with Gasteiger partial charge in [0.05, 0.1) is 10.5 Å². The van der Waals surface area contributed by atoms with Gasteiger partial charge in [0.1, 0.15) is 6.10 Å². The molecule has 0 aliphatic heterocycles. The third-order valence-electron chi connectivity index (χ3n) is 2.10. The summed E-state index contributed by atoms with van der Waals surface area (Å²) >= 11 is 0. The fourth-order valence-corrected chi connectivity index (χ4v) is 1.44. The molecule has 0 aromatic heterocycles. The number of nitro benzene ring substituents is 1. The molecule has 90 valence electrons. The number of hydrogen-bond acceptors (Lipinski definition) is 4. The number of nitrogens with zero attached hydrogens (tertiary/aromatic N) is 1. The van der Waals surface area contributed by atoms with Crippen molar-refractivity contribution < 1.29 is 19.6 Å². The molecule has 0 spiro atoms. The molecule has 1 N–H and O–H groups in total. The summed E-state index contributed by atoms with van der Waals surface area (Å²) in [5, 5.41) is 19.4. The highest BCUT2D eigenvalue weighted by atomic mass is 16.7. The molecule has 0 amide bonds. The van der Waals surface area contributed by atoms with Crippen LogP contribution in [0.3, 0.4) is 0 Å². The van der Waals surface area contributed by atoms with Gasteiger partial charge in [-0.25, -0.2) is 4.79 Å². The second-order valence-electron chi connectivity index (χ2n) is 3.21. The minimum Gasteiger partial charge on any atom is -0.450 e. The lowest BCUT2D eigenvalue weighted by Crippen LogP contribution is -2.10. The van der Waals surface area contributed by atoms with Gasteiger partial charge < -0.3 is 9.84 Å². The van der Waals surface area contributed by atoms with E-state index in [1.54, 1.807) is 6.07 Å². The number of nitro groups is 1. The highest BCUT2D eigenvalue weighted by Crippen LogP contribution is 2.29. The van der Waals surface area contributed by atoms with E-state index in [1.807, 2.05) is 0 Å². The quantitative estimate of drug-likeness (QED) is 0.368. The molecule has 1 aromatic rings. The Morgan fingerprint density at radius 2 is 2.24 bits per heavy atom. The number of para-hydroxylation sites is 1. The van der Waals surface area contributed by atoms with E-state index >= 15 is 0 Å². The van der Waals surface area contributed by atoms with Crippen LogP contribution < -0.4 is 0 Å². The van der Waals surface area contributed by atoms with Gasteiger partial charge in [-0.3, -0.25) is 10.1 Å². The minimum atomic E-state index is -1.48. The van der Waals surface area contributed by atoms with E-state index in [0.717, 1.165) is 0 Å². The molecule has 6 nitrogen and oxygen atoms in total. The Hall–Kier alpha value is -2.37. The molecule has 0 saturated heterocycles. The predicted octanol–water partition coefficient (Wildman–Crippen LogP) is 2.91. The van der Waals surface area contributed by atoms with Gasteiger partial charge in [0, 0.05) is 12.5 Å². The molecule has 0 saturated carbocycles. The van der Waals surface area contributed by atoms with Gasteiger partial charge in [0.2, 0.25) is 0 Å². The summed E-state index contributed by atoms with van der Waals surface area (Å²) in [5.74, 6) is 0. The Morgan fingerprint density at radius 3 is 2.76 bits per heavy atom. The van der Waals surface area contributed by atoms with E-state index in [1.165, 1.54) is 24.3 Å². The highest BCUT2D eigenvalue weighted by molar-refractivity contribution is 5.58. The SMILES string of the molecule is C=CCC(OC(=O)O)c1ccccc1[N+](=O)[O-]. The van der Waals surface area contributed by atoms with E-state index < -0.39 is 17.2 Å². The Balaban J connectivity index is 3.12. The summed E-state index contributed by atoms with van der Waals surface area (Å²) in [7, 11) is 0. The van der Waals surface area contributed by atoms with Crippen LogP contribution >= 0.6 is 0 Å². The predicted molar refractivity (Wildman–Crippen MR) is 59.8 cm³/mol. The largest absolute Gasteiger partial charge is 0.506 e. The lowest BCUT2D eigenvalue weighted by Gasteiger charge is -2.14. The van der Waals surface area contributed by atoms with Gasteiger partial charge >= 0.3 is 6.16 Å². The van der Waals surface area contributed by atoms with E-state index in [2.05, 4.69) is 11.3 Å². The first-order valence-corrected chi connectivity index (χ1v) is 4.80. The van der Waals surface area contributed by atoms with Crippen LogP contribution in [0.15, 0.2) is 36.9 Å². The lowest BCUT2D eigenvalue weighted by atomic mass is 10.0. The van der Waals surface area contributed by atoms with Crippen LogP contribution in [0.1, 0.15) is 18.1 Å². The first kappa shape index (κ1) is 12.7. The van der Waals surface area contributed by atoms with Crippen molar-refractivity contribution in [2.24, 2.45) is 0 Å². The monoisotopic (exact) mass is 237 g/mol. The van der Waals surface area contributed by atoms with Crippen LogP contribution in [0.25, 0.3) is 0 Å². The molecule has 0 heterocycles. The van der Waals surface area contributed by atoms with E-state index in [9.17, 15) is 14.9 Å². The van der Waals surface area contributed by atoms with Gasteiger partial charge in [-0.1, -0.05) is 18.2 Å². The summed E-state index contributed by atoms with van der Waals surface area (Å²) < 4.78 is 4.61. The molecule has 0 fully saturated rings. The maximum absolute atomic E-state index is 10.8. The van der Waals surface area contributed by atoms with Crippen LogP contribution in [0, 0.1) is 10.1 Å². The Labute approximate surface area is 97.3 Å². The number of benzene rings is 1. The van der Waals surface area contributed by atoms with E-state index in [4.69, 9.17) is 5.11 Å². The van der Waals surface area contributed by atoms with Gasteiger partial charge in [0.25, 0.3) is 5.69 Å². The van der Waals surface area contributed by atoms with Gasteiger partial charge in [0.15, 0.2) is 0 Å². The topological polar surface area (TPSA) is 89.7 Å². The van der Waals surface area contributed by atoms with Crippen LogP contribution in [-0.2, 0) is 4.74 Å². The molecule has 0 bridgehead atoms. The zero-order valence-electron chi connectivity index (χ0n) is 8.91. The van der Waals surface area contributed by atoms with Crippen molar-refractivity contribution in [1.29, 1.82) is 0 Å². The normalized spacial score (nSPS) is 11.5. The Morgan fingerprint density at radius 1 is 1.59 bits per heavy atom. The highest BCUT2D eigenvalue weighted by Gasteiger charge is 2.23. The van der Waals surface area contributed by atoms with Crippen molar-refractivity contribution in [3.8, 4) is 0 Å². The zero-order valence-corrected chi connectivity index (χ0v) is 8.91. The van der Waals surface area contributed by atoms with Crippen LogP contribution in [-0.4, -0.2) is 16.2 Å². The molecule has 1 rings (SSSR count). The van der Waals surface area contributed by atoms with Crippen LogP contribution in [0.5, 0.6) is 0 Å². The third kappa shape index (κ3) is 3.30. The van der Waals surface area contributed by atoms with Crippen LogP contribution in [0.2, 0.25) is 0 Å². The van der Waals surface area contributed by atoms with Crippen molar-refractivity contribution in [2.75, 3.05) is 0 Å².